The minimum atomic E-state index is 0.253. The van der Waals surface area contributed by atoms with Crippen molar-refractivity contribution >= 4 is 43.9 Å². The van der Waals surface area contributed by atoms with Crippen LogP contribution in [0.3, 0.4) is 0 Å². The zero-order valence-corrected chi connectivity index (χ0v) is 25.7. The molecule has 0 amide bonds. The highest BCUT2D eigenvalue weighted by Gasteiger charge is 2.26. The fourth-order valence-electron chi connectivity index (χ4n) is 6.76. The number of imidazole rings is 1. The molecule has 0 bridgehead atoms. The van der Waals surface area contributed by atoms with Crippen LogP contribution in [0, 0.1) is 6.92 Å². The molecule has 0 radical (unpaired) electrons. The van der Waals surface area contributed by atoms with Gasteiger partial charge < -0.3 is 8.83 Å². The summed E-state index contributed by atoms with van der Waals surface area (Å²) in [5.41, 5.74) is 11.7. The summed E-state index contributed by atoms with van der Waals surface area (Å²) in [6, 6.07) is 36.0. The molecule has 8 aromatic rings. The quantitative estimate of drug-likeness (QED) is 0.205. The molecule has 0 aliphatic carbocycles. The van der Waals surface area contributed by atoms with E-state index in [1.165, 1.54) is 22.4 Å². The van der Waals surface area contributed by atoms with E-state index in [4.69, 9.17) is 13.8 Å². The van der Waals surface area contributed by atoms with Crippen LogP contribution in [0.4, 0.5) is 0 Å². The van der Waals surface area contributed by atoms with Crippen LogP contribution in [0.1, 0.15) is 56.2 Å². The van der Waals surface area contributed by atoms with Gasteiger partial charge in [-0.1, -0.05) is 88.4 Å². The van der Waals surface area contributed by atoms with Crippen LogP contribution in [0.15, 0.2) is 112 Å². The fraction of sp³-hybridized carbons (Fsp3) is 0.175. The summed E-state index contributed by atoms with van der Waals surface area (Å²) in [6.45, 7) is 11.3. The number of aryl methyl sites for hydroxylation is 1. The smallest absolute Gasteiger partial charge is 0.149 e. The van der Waals surface area contributed by atoms with E-state index in [1.807, 2.05) is 18.2 Å². The Morgan fingerprint density at radius 1 is 0.636 bits per heavy atom. The number of hydrogen-bond acceptors (Lipinski definition) is 3. The van der Waals surface area contributed by atoms with Crippen molar-refractivity contribution in [2.24, 2.45) is 0 Å². The van der Waals surface area contributed by atoms with Crippen LogP contribution in [0.5, 0.6) is 0 Å². The van der Waals surface area contributed by atoms with Gasteiger partial charge in [-0.15, -0.1) is 0 Å². The molecule has 0 fully saturated rings. The molecule has 0 saturated heterocycles. The van der Waals surface area contributed by atoms with Crippen molar-refractivity contribution < 1.29 is 8.83 Å². The van der Waals surface area contributed by atoms with Crippen LogP contribution in [0.2, 0.25) is 0 Å². The second-order valence-electron chi connectivity index (χ2n) is 12.4. The van der Waals surface area contributed by atoms with Gasteiger partial charge >= 0.3 is 0 Å². The van der Waals surface area contributed by atoms with Crippen molar-refractivity contribution in [1.82, 2.24) is 9.55 Å². The zero-order valence-electron chi connectivity index (χ0n) is 25.7. The average molecular weight is 575 g/mol. The highest BCUT2D eigenvalue weighted by molar-refractivity contribution is 6.09. The Bertz CT molecular complexity index is 2330. The summed E-state index contributed by atoms with van der Waals surface area (Å²) >= 11 is 0. The number of rotatable bonds is 5. The van der Waals surface area contributed by atoms with Gasteiger partial charge in [0.1, 0.15) is 28.3 Å². The Morgan fingerprint density at radius 3 is 1.95 bits per heavy atom. The highest BCUT2D eigenvalue weighted by atomic mass is 16.3. The van der Waals surface area contributed by atoms with Crippen LogP contribution in [-0.4, -0.2) is 9.55 Å². The predicted molar refractivity (Wildman–Crippen MR) is 182 cm³/mol. The second-order valence-corrected chi connectivity index (χ2v) is 12.4. The molecule has 44 heavy (non-hydrogen) atoms. The SMILES string of the molecule is Cc1c(-c2cc(C(C)C)c(-n3c(-c4cccc5c4oc4ccccc45)nc4ccccc43)c(C(C)C)c2)oc2ccccc12. The first-order chi connectivity index (χ1) is 21.4. The number of para-hydroxylation sites is 5. The van der Waals surface area contributed by atoms with Gasteiger partial charge in [-0.2, -0.15) is 0 Å². The maximum absolute atomic E-state index is 6.53. The number of aromatic nitrogens is 2. The Morgan fingerprint density at radius 2 is 1.25 bits per heavy atom. The summed E-state index contributed by atoms with van der Waals surface area (Å²) in [6.07, 6.45) is 0. The van der Waals surface area contributed by atoms with Gasteiger partial charge in [-0.3, -0.25) is 4.57 Å². The lowest BCUT2D eigenvalue weighted by molar-refractivity contribution is 0.628. The van der Waals surface area contributed by atoms with E-state index in [-0.39, 0.29) is 11.8 Å². The lowest BCUT2D eigenvalue weighted by Crippen LogP contribution is -2.09. The summed E-state index contributed by atoms with van der Waals surface area (Å²) in [5.74, 6) is 2.32. The van der Waals surface area contributed by atoms with Crippen molar-refractivity contribution in [3.8, 4) is 28.4 Å². The minimum Gasteiger partial charge on any atom is -0.456 e. The van der Waals surface area contributed by atoms with Gasteiger partial charge in [0.15, 0.2) is 0 Å². The van der Waals surface area contributed by atoms with E-state index < -0.39 is 0 Å². The molecule has 5 aromatic carbocycles. The third-order valence-electron chi connectivity index (χ3n) is 8.95. The summed E-state index contributed by atoms with van der Waals surface area (Å²) in [7, 11) is 0. The molecular formula is C40H34N2O2. The number of nitrogens with zero attached hydrogens (tertiary/aromatic N) is 2. The molecule has 3 heterocycles. The lowest BCUT2D eigenvalue weighted by atomic mass is 9.88. The molecule has 0 saturated carbocycles. The van der Waals surface area contributed by atoms with Crippen molar-refractivity contribution in [3.05, 3.63) is 120 Å². The van der Waals surface area contributed by atoms with Gasteiger partial charge in [0, 0.05) is 27.3 Å². The van der Waals surface area contributed by atoms with Gasteiger partial charge in [-0.05, 0) is 72.4 Å². The predicted octanol–water partition coefficient (Wildman–Crippen LogP) is 11.6. The van der Waals surface area contributed by atoms with Gasteiger partial charge in [0.05, 0.1) is 22.3 Å². The lowest BCUT2D eigenvalue weighted by Gasteiger charge is -2.24. The van der Waals surface area contributed by atoms with Gasteiger partial charge in [-0.25, -0.2) is 4.98 Å². The zero-order chi connectivity index (χ0) is 30.1. The molecule has 0 aliphatic rings. The minimum absolute atomic E-state index is 0.253. The fourth-order valence-corrected chi connectivity index (χ4v) is 6.76. The normalized spacial score (nSPS) is 12.2. The van der Waals surface area contributed by atoms with Gasteiger partial charge in [0.2, 0.25) is 0 Å². The molecule has 4 heteroatoms. The van der Waals surface area contributed by atoms with E-state index >= 15 is 0 Å². The summed E-state index contributed by atoms with van der Waals surface area (Å²) in [4.78, 5) is 5.29. The monoisotopic (exact) mass is 574 g/mol. The molecule has 0 unspecified atom stereocenters. The van der Waals surface area contributed by atoms with E-state index in [2.05, 4.69) is 124 Å². The topological polar surface area (TPSA) is 44.1 Å². The number of hydrogen-bond donors (Lipinski definition) is 0. The maximum atomic E-state index is 6.53. The van der Waals surface area contributed by atoms with Crippen molar-refractivity contribution in [2.75, 3.05) is 0 Å². The Labute approximate surface area is 256 Å². The van der Waals surface area contributed by atoms with Crippen LogP contribution < -0.4 is 0 Å². The first-order valence-electron chi connectivity index (χ1n) is 15.5. The summed E-state index contributed by atoms with van der Waals surface area (Å²) < 4.78 is 15.4. The number of fused-ring (bicyclic) bond motifs is 5. The molecule has 216 valence electrons. The molecule has 3 aromatic heterocycles. The molecule has 0 spiro atoms. The molecular weight excluding hydrogens is 540 g/mol. The van der Waals surface area contributed by atoms with Crippen LogP contribution >= 0.6 is 0 Å². The molecule has 4 nitrogen and oxygen atoms in total. The number of benzene rings is 5. The van der Waals surface area contributed by atoms with E-state index in [0.717, 1.165) is 66.7 Å². The number of furan rings is 2. The van der Waals surface area contributed by atoms with E-state index in [9.17, 15) is 0 Å². The van der Waals surface area contributed by atoms with Gasteiger partial charge in [0.25, 0.3) is 0 Å². The first-order valence-corrected chi connectivity index (χ1v) is 15.5. The van der Waals surface area contributed by atoms with Crippen LogP contribution in [-0.2, 0) is 0 Å². The largest absolute Gasteiger partial charge is 0.456 e. The van der Waals surface area contributed by atoms with Crippen molar-refractivity contribution in [3.63, 3.8) is 0 Å². The first kappa shape index (κ1) is 26.5. The maximum Gasteiger partial charge on any atom is 0.149 e. The molecule has 0 atom stereocenters. The van der Waals surface area contributed by atoms with E-state index in [1.54, 1.807) is 0 Å². The van der Waals surface area contributed by atoms with Crippen LogP contribution in [0.25, 0.3) is 72.3 Å². The highest BCUT2D eigenvalue weighted by Crippen LogP contribution is 2.43. The van der Waals surface area contributed by atoms with E-state index in [0.29, 0.717) is 0 Å². The molecule has 0 N–H and O–H groups in total. The third-order valence-corrected chi connectivity index (χ3v) is 8.95. The standard InChI is InChI=1S/C40H34N2O2/c1-23(2)31-21-26(38-25(5)27-13-6-10-19-35(27)43-38)22-32(24(3)4)37(31)42-34-18-9-8-17-33(34)41-40(42)30-16-12-15-29-28-14-7-11-20-36(28)44-39(29)30/h6-24H,1-5H3. The molecule has 0 aliphatic heterocycles. The molecule has 8 rings (SSSR count). The van der Waals surface area contributed by atoms with Crippen molar-refractivity contribution in [1.29, 1.82) is 0 Å². The average Bonchev–Trinajstić information content (AvgIpc) is 3.71. The Hall–Kier alpha value is -5.09. The van der Waals surface area contributed by atoms with Crippen molar-refractivity contribution in [2.45, 2.75) is 46.5 Å². The Balaban J connectivity index is 1.46. The Kier molecular flexibility index (Phi) is 6.02. The second kappa shape index (κ2) is 9.99. The third kappa shape index (κ3) is 3.94. The summed E-state index contributed by atoms with van der Waals surface area (Å²) in [5, 5.41) is 3.37.